The molecule has 5 heteroatoms. The van der Waals surface area contributed by atoms with Crippen LogP contribution >= 0.6 is 0 Å². The van der Waals surface area contributed by atoms with Crippen LogP contribution in [-0.4, -0.2) is 32.8 Å². The normalized spacial score (nSPS) is 10.6. The van der Waals surface area contributed by atoms with Crippen molar-refractivity contribution in [2.45, 2.75) is 6.92 Å². The maximum atomic E-state index is 12.1. The molecule has 0 heterocycles. The minimum Gasteiger partial charge on any atom is -0.493 e. The number of hydrazone groups is 1. The molecule has 0 aliphatic rings. The third-order valence-corrected chi connectivity index (χ3v) is 3.23. The van der Waals surface area contributed by atoms with E-state index in [2.05, 4.69) is 10.5 Å². The Morgan fingerprint density at radius 1 is 1.17 bits per heavy atom. The SMILES string of the molecule is CCOc1ccccc1C=NNC(=O)c1ccc(N(C)C)cc1. The number of carbonyl (C=O) groups is 1. The van der Waals surface area contributed by atoms with Crippen LogP contribution in [0, 0.1) is 0 Å². The van der Waals surface area contributed by atoms with Crippen molar-refractivity contribution in [3.05, 3.63) is 59.7 Å². The smallest absolute Gasteiger partial charge is 0.271 e. The molecule has 0 aliphatic carbocycles. The van der Waals surface area contributed by atoms with E-state index in [1.165, 1.54) is 0 Å². The van der Waals surface area contributed by atoms with Gasteiger partial charge < -0.3 is 9.64 Å². The molecule has 0 radical (unpaired) electrons. The highest BCUT2D eigenvalue weighted by atomic mass is 16.5. The first-order chi connectivity index (χ1) is 11.1. The number of rotatable bonds is 6. The third kappa shape index (κ3) is 4.57. The largest absolute Gasteiger partial charge is 0.493 e. The third-order valence-electron chi connectivity index (χ3n) is 3.23. The Morgan fingerprint density at radius 3 is 2.52 bits per heavy atom. The van der Waals surface area contributed by atoms with Crippen LogP contribution in [0.4, 0.5) is 5.69 Å². The molecule has 0 saturated heterocycles. The Labute approximate surface area is 136 Å². The van der Waals surface area contributed by atoms with Gasteiger partial charge in [-0.2, -0.15) is 5.10 Å². The topological polar surface area (TPSA) is 53.9 Å². The fourth-order valence-corrected chi connectivity index (χ4v) is 2.01. The van der Waals surface area contributed by atoms with Crippen molar-refractivity contribution in [2.75, 3.05) is 25.6 Å². The van der Waals surface area contributed by atoms with Crippen molar-refractivity contribution in [3.8, 4) is 5.75 Å². The first-order valence-corrected chi connectivity index (χ1v) is 7.44. The zero-order valence-electron chi connectivity index (χ0n) is 13.6. The summed E-state index contributed by atoms with van der Waals surface area (Å²) in [5.41, 5.74) is 4.94. The van der Waals surface area contributed by atoms with E-state index in [-0.39, 0.29) is 5.91 Å². The van der Waals surface area contributed by atoms with Gasteiger partial charge in [-0.25, -0.2) is 5.43 Å². The molecule has 2 aromatic rings. The molecule has 2 rings (SSSR count). The number of nitrogens with one attached hydrogen (secondary N) is 1. The van der Waals surface area contributed by atoms with Gasteiger partial charge in [0.25, 0.3) is 5.91 Å². The van der Waals surface area contributed by atoms with Crippen LogP contribution in [0.2, 0.25) is 0 Å². The van der Waals surface area contributed by atoms with Crippen LogP contribution in [0.15, 0.2) is 53.6 Å². The minimum atomic E-state index is -0.250. The second kappa shape index (κ2) is 7.98. The number of carbonyl (C=O) groups excluding carboxylic acids is 1. The number of hydrogen-bond acceptors (Lipinski definition) is 4. The highest BCUT2D eigenvalue weighted by molar-refractivity contribution is 5.95. The summed E-state index contributed by atoms with van der Waals surface area (Å²) < 4.78 is 5.51. The first kappa shape index (κ1) is 16.5. The Bertz CT molecular complexity index is 679. The second-order valence-electron chi connectivity index (χ2n) is 5.11. The molecule has 5 nitrogen and oxygen atoms in total. The number of amides is 1. The molecular weight excluding hydrogens is 290 g/mol. The van der Waals surface area contributed by atoms with E-state index in [0.717, 1.165) is 17.0 Å². The molecular formula is C18H21N3O2. The number of para-hydroxylation sites is 1. The van der Waals surface area contributed by atoms with Crippen molar-refractivity contribution in [2.24, 2.45) is 5.10 Å². The molecule has 0 spiro atoms. The van der Waals surface area contributed by atoms with Gasteiger partial charge in [0.2, 0.25) is 0 Å². The molecule has 1 amide bonds. The molecule has 2 aromatic carbocycles. The van der Waals surface area contributed by atoms with Crippen molar-refractivity contribution >= 4 is 17.8 Å². The number of hydrogen-bond donors (Lipinski definition) is 1. The summed E-state index contributed by atoms with van der Waals surface area (Å²) in [6, 6.07) is 14.9. The molecule has 1 N–H and O–H groups in total. The van der Waals surface area contributed by atoms with E-state index in [1.54, 1.807) is 18.3 Å². The first-order valence-electron chi connectivity index (χ1n) is 7.44. The molecule has 120 valence electrons. The van der Waals surface area contributed by atoms with E-state index in [4.69, 9.17) is 4.74 Å². The maximum absolute atomic E-state index is 12.1. The Morgan fingerprint density at radius 2 is 1.87 bits per heavy atom. The summed E-state index contributed by atoms with van der Waals surface area (Å²) in [4.78, 5) is 14.0. The molecule has 0 unspecified atom stereocenters. The van der Waals surface area contributed by atoms with E-state index in [1.807, 2.05) is 62.3 Å². The Kier molecular flexibility index (Phi) is 5.74. The molecule has 0 aromatic heterocycles. The predicted octanol–water partition coefficient (Wildman–Crippen LogP) is 2.92. The van der Waals surface area contributed by atoms with Crippen molar-refractivity contribution in [1.82, 2.24) is 5.43 Å². The Hall–Kier alpha value is -2.82. The lowest BCUT2D eigenvalue weighted by Gasteiger charge is -2.12. The number of ether oxygens (including phenoxy) is 1. The summed E-state index contributed by atoms with van der Waals surface area (Å²) in [5.74, 6) is 0.490. The van der Waals surface area contributed by atoms with Gasteiger partial charge in [0.05, 0.1) is 12.8 Å². The molecule has 0 bridgehead atoms. The standard InChI is InChI=1S/C18H21N3O2/c1-4-23-17-8-6-5-7-15(17)13-19-20-18(22)14-9-11-16(12-10-14)21(2)3/h5-13H,4H2,1-3H3,(H,20,22). The lowest BCUT2D eigenvalue weighted by Crippen LogP contribution is -2.18. The average molecular weight is 311 g/mol. The number of benzene rings is 2. The quantitative estimate of drug-likeness (QED) is 0.659. The number of anilines is 1. The lowest BCUT2D eigenvalue weighted by molar-refractivity contribution is 0.0955. The summed E-state index contributed by atoms with van der Waals surface area (Å²) in [5, 5.41) is 4.00. The summed E-state index contributed by atoms with van der Waals surface area (Å²) in [6.07, 6.45) is 1.58. The van der Waals surface area contributed by atoms with Crippen LogP contribution in [-0.2, 0) is 0 Å². The monoisotopic (exact) mass is 311 g/mol. The summed E-state index contributed by atoms with van der Waals surface area (Å²) in [7, 11) is 3.91. The van der Waals surface area contributed by atoms with Crippen molar-refractivity contribution < 1.29 is 9.53 Å². The van der Waals surface area contributed by atoms with Gasteiger partial charge in [0.15, 0.2) is 0 Å². The van der Waals surface area contributed by atoms with E-state index in [0.29, 0.717) is 12.2 Å². The minimum absolute atomic E-state index is 0.250. The molecule has 0 saturated carbocycles. The van der Waals surface area contributed by atoms with Crippen LogP contribution in [0.5, 0.6) is 5.75 Å². The van der Waals surface area contributed by atoms with Crippen LogP contribution < -0.4 is 15.1 Å². The van der Waals surface area contributed by atoms with E-state index < -0.39 is 0 Å². The fraction of sp³-hybridized carbons (Fsp3) is 0.222. The Balaban J connectivity index is 2.01. The molecule has 0 fully saturated rings. The molecule has 0 atom stereocenters. The van der Waals surface area contributed by atoms with Gasteiger partial charge in [-0.05, 0) is 43.3 Å². The van der Waals surface area contributed by atoms with Gasteiger partial charge in [-0.1, -0.05) is 12.1 Å². The van der Waals surface area contributed by atoms with Gasteiger partial charge in [-0.3, -0.25) is 4.79 Å². The van der Waals surface area contributed by atoms with Gasteiger partial charge in [0, 0.05) is 30.9 Å². The van der Waals surface area contributed by atoms with E-state index in [9.17, 15) is 4.79 Å². The zero-order chi connectivity index (χ0) is 16.7. The van der Waals surface area contributed by atoms with Crippen LogP contribution in [0.1, 0.15) is 22.8 Å². The molecule has 23 heavy (non-hydrogen) atoms. The van der Waals surface area contributed by atoms with Gasteiger partial charge in [-0.15, -0.1) is 0 Å². The van der Waals surface area contributed by atoms with Crippen LogP contribution in [0.3, 0.4) is 0 Å². The van der Waals surface area contributed by atoms with E-state index >= 15 is 0 Å². The zero-order valence-corrected chi connectivity index (χ0v) is 13.6. The van der Waals surface area contributed by atoms with Crippen molar-refractivity contribution in [1.29, 1.82) is 0 Å². The van der Waals surface area contributed by atoms with Crippen molar-refractivity contribution in [3.63, 3.8) is 0 Å². The lowest BCUT2D eigenvalue weighted by atomic mass is 10.2. The average Bonchev–Trinajstić information content (AvgIpc) is 2.56. The molecule has 0 aliphatic heterocycles. The predicted molar refractivity (Wildman–Crippen MR) is 93.4 cm³/mol. The summed E-state index contributed by atoms with van der Waals surface area (Å²) in [6.45, 7) is 2.50. The summed E-state index contributed by atoms with van der Waals surface area (Å²) >= 11 is 0. The fourth-order valence-electron chi connectivity index (χ4n) is 2.01. The van der Waals surface area contributed by atoms with Crippen LogP contribution in [0.25, 0.3) is 0 Å². The maximum Gasteiger partial charge on any atom is 0.271 e. The highest BCUT2D eigenvalue weighted by Gasteiger charge is 2.05. The van der Waals surface area contributed by atoms with Gasteiger partial charge in [0.1, 0.15) is 5.75 Å². The van der Waals surface area contributed by atoms with Gasteiger partial charge >= 0.3 is 0 Å². The second-order valence-corrected chi connectivity index (χ2v) is 5.11. The number of nitrogens with zero attached hydrogens (tertiary/aromatic N) is 2. The highest BCUT2D eigenvalue weighted by Crippen LogP contribution is 2.15.